The molecule has 100 heavy (non-hydrogen) atoms. The Kier molecular flexibility index (Phi) is 34.9. The van der Waals surface area contributed by atoms with Gasteiger partial charge in [0.15, 0.2) is 0 Å². The molecule has 0 aromatic carbocycles. The quantitative estimate of drug-likeness (QED) is 0.0218. The summed E-state index contributed by atoms with van der Waals surface area (Å²) in [5.74, 6) is -9.72. The average molecular weight is 1420 g/mol. The van der Waals surface area contributed by atoms with Crippen molar-refractivity contribution >= 4 is 89.4 Å². The van der Waals surface area contributed by atoms with Crippen molar-refractivity contribution in [2.75, 3.05) is 138 Å². The van der Waals surface area contributed by atoms with Crippen LogP contribution in [0, 0.1) is 10.8 Å². The number of rotatable bonds is 33. The van der Waals surface area contributed by atoms with Crippen LogP contribution in [0.5, 0.6) is 0 Å². The number of nitrogens with one attached hydrogen (secondary N) is 2. The highest BCUT2D eigenvalue weighted by molar-refractivity contribution is 6.03. The Labute approximate surface area is 576 Å². The molecule has 4 fully saturated rings. The fourth-order valence-corrected chi connectivity index (χ4v) is 11.0. The van der Waals surface area contributed by atoms with E-state index in [1.807, 2.05) is 6.08 Å². The van der Waals surface area contributed by atoms with Crippen LogP contribution in [0.15, 0.2) is 24.3 Å². The molecule has 0 bridgehead atoms. The van der Waals surface area contributed by atoms with E-state index in [0.717, 1.165) is 0 Å². The summed E-state index contributed by atoms with van der Waals surface area (Å²) >= 11 is 0. The highest BCUT2D eigenvalue weighted by atomic mass is 16.8. The summed E-state index contributed by atoms with van der Waals surface area (Å²) in [5.41, 5.74) is -1.99. The van der Waals surface area contributed by atoms with Crippen LogP contribution in [0.3, 0.4) is 0 Å². The van der Waals surface area contributed by atoms with Gasteiger partial charge < -0.3 is 69.2 Å². The number of carbonyl (C=O) groups excluding carboxylic acids is 11. The van der Waals surface area contributed by atoms with Crippen LogP contribution in [-0.2, 0) is 105 Å². The summed E-state index contributed by atoms with van der Waals surface area (Å²) < 4.78 is 32.6. The van der Waals surface area contributed by atoms with E-state index in [4.69, 9.17) is 38.1 Å². The van der Waals surface area contributed by atoms with E-state index in [9.17, 15) is 92.3 Å². The Hall–Kier alpha value is -8.59. The zero-order chi connectivity index (χ0) is 73.2. The Morgan fingerprint density at radius 1 is 0.470 bits per heavy atom. The molecule has 5 atom stereocenters. The lowest BCUT2D eigenvalue weighted by molar-refractivity contribution is -0.205. The number of aliphatic carboxylic acids is 4. The third-order valence-electron chi connectivity index (χ3n) is 16.9. The fraction of sp³-hybridized carbons (Fsp3) is 0.698. The molecule has 2 aliphatic carbocycles. The van der Waals surface area contributed by atoms with E-state index in [1.54, 1.807) is 51.7 Å². The van der Waals surface area contributed by atoms with Gasteiger partial charge >= 0.3 is 48.1 Å². The van der Waals surface area contributed by atoms with Gasteiger partial charge in [-0.15, -0.1) is 10.1 Å². The lowest BCUT2D eigenvalue weighted by atomic mass is 9.79. The molecule has 0 spiro atoms. The number of hydrogen-bond acceptors (Lipinski definition) is 28. The number of amides is 8. The van der Waals surface area contributed by atoms with Crippen LogP contribution >= 0.6 is 0 Å². The number of allylic oxidation sites excluding steroid dienone is 2. The maximum absolute atomic E-state index is 12.9. The standard InChI is InChI=1S/C44H71N7O19.C19H22N2O9/c1-44(42(63)70-51-36(53)7-8-37(51)54)10-3-2-4-33(9-11-44)69-43(64)46-13-23-66-25-27-68-29-28-67-26-24-65-22-12-45-35(52)6-5-34(41(61)62)50-20-18-48(31-39(57)58)16-14-47(30-38(55)56)15-17-49(19-21-50)32-40(59)60;1-19(17(26)29-20-13(22)5-6-14(20)23)10-3-2-4-12(9-11-19)28-18(27)30-21-15(24)7-8-16(21)25/h2,4,33-34H,3,5-32H2,1H3,(H,45,52)(H,46,64)(H,55,56)(H,57,58)(H,59,60)(H,61,62);2,4,12H,3,5-11H2,1H3/b2*4-2+/t33-,34?,44+;12-,19+/m11/s1. The maximum atomic E-state index is 12.9. The topological polar surface area (TPSA) is 467 Å². The Bertz CT molecular complexity index is 2850. The second kappa shape index (κ2) is 42.5. The van der Waals surface area contributed by atoms with E-state index in [1.165, 1.54) is 0 Å². The van der Waals surface area contributed by atoms with E-state index < -0.39 is 118 Å². The molecular formula is C63H93N9O28. The van der Waals surface area contributed by atoms with Gasteiger partial charge in [0.25, 0.3) is 35.4 Å². The lowest BCUT2D eigenvalue weighted by Crippen LogP contribution is -2.52. The molecule has 37 heteroatoms. The lowest BCUT2D eigenvalue weighted by Gasteiger charge is -2.35. The third kappa shape index (κ3) is 29.3. The Morgan fingerprint density at radius 2 is 0.820 bits per heavy atom. The van der Waals surface area contributed by atoms with E-state index in [-0.39, 0.29) is 189 Å². The molecule has 6 rings (SSSR count). The molecule has 0 aromatic rings. The zero-order valence-corrected chi connectivity index (χ0v) is 56.4. The number of carboxylic acid groups (broad SMARTS) is 4. The van der Waals surface area contributed by atoms with Crippen LogP contribution < -0.4 is 10.6 Å². The molecule has 4 saturated heterocycles. The number of nitrogens with zero attached hydrogens (tertiary/aromatic N) is 7. The first-order valence-electron chi connectivity index (χ1n) is 33.2. The molecule has 4 aliphatic heterocycles. The summed E-state index contributed by atoms with van der Waals surface area (Å²) in [6, 6.07) is -1.13. The number of ether oxygens (including phenoxy) is 6. The number of carbonyl (C=O) groups is 15. The van der Waals surface area contributed by atoms with Gasteiger partial charge in [0, 0.05) is 110 Å². The van der Waals surface area contributed by atoms with Gasteiger partial charge in [0.05, 0.1) is 83.3 Å². The molecule has 0 aromatic heterocycles. The highest BCUT2D eigenvalue weighted by Gasteiger charge is 2.44. The van der Waals surface area contributed by atoms with E-state index in [0.29, 0.717) is 66.9 Å². The zero-order valence-electron chi connectivity index (χ0n) is 56.4. The Morgan fingerprint density at radius 3 is 1.20 bits per heavy atom. The van der Waals surface area contributed by atoms with Crippen LogP contribution in [0.2, 0.25) is 0 Å². The molecular weight excluding hydrogens is 1330 g/mol. The van der Waals surface area contributed by atoms with Crippen molar-refractivity contribution < 1.29 is 135 Å². The largest absolute Gasteiger partial charge is 0.534 e. The van der Waals surface area contributed by atoms with Gasteiger partial charge in [-0.1, -0.05) is 17.2 Å². The molecule has 0 radical (unpaired) electrons. The predicted molar refractivity (Wildman–Crippen MR) is 337 cm³/mol. The number of hydrogen-bond donors (Lipinski definition) is 6. The van der Waals surface area contributed by atoms with Crippen molar-refractivity contribution in [1.29, 1.82) is 0 Å². The molecule has 4 heterocycles. The second-order valence-corrected chi connectivity index (χ2v) is 24.7. The summed E-state index contributed by atoms with van der Waals surface area (Å²) in [7, 11) is 0. The van der Waals surface area contributed by atoms with Gasteiger partial charge in [0.2, 0.25) is 5.91 Å². The first kappa shape index (κ1) is 82.1. The molecule has 8 amide bonds. The van der Waals surface area contributed by atoms with Crippen molar-refractivity contribution in [1.82, 2.24) is 45.4 Å². The number of carboxylic acids is 4. The van der Waals surface area contributed by atoms with Crippen molar-refractivity contribution in [2.24, 2.45) is 10.8 Å². The Balaban J connectivity index is 0.000000495. The van der Waals surface area contributed by atoms with Crippen molar-refractivity contribution in [2.45, 2.75) is 135 Å². The molecule has 0 saturated carbocycles. The summed E-state index contributed by atoms with van der Waals surface area (Å²) in [5, 5.41) is 45.2. The van der Waals surface area contributed by atoms with Crippen LogP contribution in [0.25, 0.3) is 0 Å². The van der Waals surface area contributed by atoms with Gasteiger partial charge in [-0.3, -0.25) is 77.2 Å². The first-order valence-corrected chi connectivity index (χ1v) is 33.2. The number of hydroxylamine groups is 6. The van der Waals surface area contributed by atoms with Crippen molar-refractivity contribution in [3.8, 4) is 0 Å². The maximum Gasteiger partial charge on any atom is 0.534 e. The van der Waals surface area contributed by atoms with Crippen LogP contribution in [0.1, 0.15) is 117 Å². The smallest absolute Gasteiger partial charge is 0.480 e. The molecule has 558 valence electrons. The van der Waals surface area contributed by atoms with Crippen LogP contribution in [-0.4, -0.2) is 301 Å². The first-order chi connectivity index (χ1) is 47.6. The fourth-order valence-electron chi connectivity index (χ4n) is 11.0. The molecule has 6 N–H and O–H groups in total. The van der Waals surface area contributed by atoms with Gasteiger partial charge in [0.1, 0.15) is 18.2 Å². The van der Waals surface area contributed by atoms with E-state index in [2.05, 4.69) is 15.5 Å². The molecule has 6 aliphatic rings. The number of imide groups is 3. The van der Waals surface area contributed by atoms with E-state index >= 15 is 0 Å². The van der Waals surface area contributed by atoms with Gasteiger partial charge in [-0.05, 0) is 83.8 Å². The van der Waals surface area contributed by atoms with Crippen LogP contribution in [0.4, 0.5) is 9.59 Å². The minimum absolute atomic E-state index is 0.00390. The minimum atomic E-state index is -1.20. The summed E-state index contributed by atoms with van der Waals surface area (Å²) in [6.45, 7) is 5.99. The monoisotopic (exact) mass is 1420 g/mol. The normalized spacial score (nSPS) is 23.4. The summed E-state index contributed by atoms with van der Waals surface area (Å²) in [6.07, 6.45) is 6.41. The molecule has 37 nitrogen and oxygen atoms in total. The third-order valence-corrected chi connectivity index (χ3v) is 16.9. The SMILES string of the molecule is C[C@]1(C(=O)ON2C(=O)CCC2=O)CC/C=C/[C@@H](OC(=O)NCCOCCOCCOCCOCCNC(=O)CCC(C(=O)O)N2CCN(CC(=O)O)CCN(CC(=O)O)CCN(CC(=O)O)CC2)CC1.C[C@]1(C(=O)ON2C(=O)CCC2=O)CC/C=C/[C@@H](OC(=O)ON2C(=O)CCC2=O)CC1. The summed E-state index contributed by atoms with van der Waals surface area (Å²) in [4.78, 5) is 201. The highest BCUT2D eigenvalue weighted by Crippen LogP contribution is 2.36. The average Bonchev–Trinajstić information content (AvgIpc) is 1.58. The number of alkyl carbamates (subject to hydrolysis) is 1. The predicted octanol–water partition coefficient (Wildman–Crippen LogP) is 0.0322. The second-order valence-electron chi connectivity index (χ2n) is 24.7. The van der Waals surface area contributed by atoms with Gasteiger partial charge in [-0.25, -0.2) is 19.2 Å². The van der Waals surface area contributed by atoms with Crippen molar-refractivity contribution in [3.63, 3.8) is 0 Å². The van der Waals surface area contributed by atoms with Crippen molar-refractivity contribution in [3.05, 3.63) is 24.3 Å². The minimum Gasteiger partial charge on any atom is -0.480 e. The van der Waals surface area contributed by atoms with Gasteiger partial charge in [-0.2, -0.15) is 0 Å². The molecule has 1 unspecified atom stereocenters.